The number of nitrogens with zero attached hydrogens (tertiary/aromatic N) is 2. The molecular formula is C13H26GeN4. The molecule has 0 fully saturated rings. The van der Waals surface area contributed by atoms with E-state index in [0.29, 0.717) is 5.71 Å². The molecule has 0 amide bonds. The summed E-state index contributed by atoms with van der Waals surface area (Å²) in [6, 6.07) is 0. The van der Waals surface area contributed by atoms with E-state index in [1.165, 1.54) is 15.8 Å². The Morgan fingerprint density at radius 3 is 2.00 bits per heavy atom. The van der Waals surface area contributed by atoms with Gasteiger partial charge in [0.25, 0.3) is 0 Å². The number of nitrogens with one attached hydrogen (secondary N) is 2. The summed E-state index contributed by atoms with van der Waals surface area (Å²) in [6.45, 7) is 13.0. The van der Waals surface area contributed by atoms with E-state index in [2.05, 4.69) is 57.0 Å². The maximum absolute atomic E-state index is 8.35. The molecule has 1 aromatic rings. The van der Waals surface area contributed by atoms with Crippen molar-refractivity contribution in [3.8, 4) is 0 Å². The van der Waals surface area contributed by atoms with Crippen LogP contribution in [0, 0.1) is 10.8 Å². The van der Waals surface area contributed by atoms with E-state index in [1.54, 1.807) is 0 Å². The fraction of sp³-hybridized carbons (Fsp3) is 0.769. The van der Waals surface area contributed by atoms with Gasteiger partial charge in [-0.05, 0) is 0 Å². The Kier molecular flexibility index (Phi) is 4.75. The molecule has 2 N–H and O–H groups in total. The van der Waals surface area contributed by atoms with Gasteiger partial charge in [-0.25, -0.2) is 0 Å². The summed E-state index contributed by atoms with van der Waals surface area (Å²) in [5, 5.41) is 23.5. The molecule has 18 heavy (non-hydrogen) atoms. The van der Waals surface area contributed by atoms with E-state index in [9.17, 15) is 0 Å². The molecule has 4 nitrogen and oxygen atoms in total. The van der Waals surface area contributed by atoms with Crippen LogP contribution in [0.25, 0.3) is 0 Å². The van der Waals surface area contributed by atoms with Crippen LogP contribution < -0.4 is 4.53 Å². The fourth-order valence-electron chi connectivity index (χ4n) is 2.38. The molecule has 0 aliphatic rings. The molecule has 102 valence electrons. The zero-order chi connectivity index (χ0) is 14.0. The summed E-state index contributed by atoms with van der Waals surface area (Å²) >= 11 is -2.14. The SMILES string of the molecule is C[CH2][Ge]([CH2]C)([CH2]C)[c]1n[nH]nc1C(=N)C(C)(C)C. The van der Waals surface area contributed by atoms with Crippen LogP contribution in [0.3, 0.4) is 0 Å². The van der Waals surface area contributed by atoms with Crippen LogP contribution in [-0.2, 0) is 0 Å². The molecule has 0 saturated heterocycles. The van der Waals surface area contributed by atoms with Gasteiger partial charge in [0.1, 0.15) is 0 Å². The summed E-state index contributed by atoms with van der Waals surface area (Å²) < 4.78 is 1.16. The van der Waals surface area contributed by atoms with Crippen LogP contribution in [0.1, 0.15) is 47.2 Å². The molecular weight excluding hydrogens is 285 g/mol. The van der Waals surface area contributed by atoms with Gasteiger partial charge in [-0.15, -0.1) is 0 Å². The molecule has 0 spiro atoms. The van der Waals surface area contributed by atoms with Gasteiger partial charge in [-0.2, -0.15) is 0 Å². The summed E-state index contributed by atoms with van der Waals surface area (Å²) in [4.78, 5) is 0. The topological polar surface area (TPSA) is 65.4 Å². The van der Waals surface area contributed by atoms with Crippen LogP contribution in [0.15, 0.2) is 0 Å². The van der Waals surface area contributed by atoms with Crippen molar-refractivity contribution in [2.75, 3.05) is 0 Å². The quantitative estimate of drug-likeness (QED) is 0.648. The molecule has 0 atom stereocenters. The standard InChI is InChI=1S/C13H26GeN4/c1-7-14(8-2,9-3)12-10(16-18-17-12)11(15)13(4,5)6/h15H,7-9H2,1-6H3,(H,16,17,18). The number of hydrogen-bond donors (Lipinski definition) is 2. The molecule has 0 saturated carbocycles. The first-order valence-electron chi connectivity index (χ1n) is 6.83. The number of hydrogen-bond acceptors (Lipinski definition) is 3. The Morgan fingerprint density at radius 2 is 1.61 bits per heavy atom. The summed E-state index contributed by atoms with van der Waals surface area (Å²) in [5.74, 6) is 0. The van der Waals surface area contributed by atoms with Crippen LogP contribution in [0.2, 0.25) is 15.8 Å². The Labute approximate surface area is 113 Å². The van der Waals surface area contributed by atoms with Crippen molar-refractivity contribution in [2.24, 2.45) is 5.41 Å². The molecule has 1 heterocycles. The zero-order valence-electron chi connectivity index (χ0n) is 12.5. The van der Waals surface area contributed by atoms with Crippen LogP contribution in [0.4, 0.5) is 0 Å². The van der Waals surface area contributed by atoms with Crippen LogP contribution in [-0.4, -0.2) is 34.4 Å². The van der Waals surface area contributed by atoms with E-state index < -0.39 is 13.3 Å². The monoisotopic (exact) mass is 312 g/mol. The van der Waals surface area contributed by atoms with E-state index in [1.807, 2.05) is 0 Å². The Morgan fingerprint density at radius 1 is 1.11 bits per heavy atom. The van der Waals surface area contributed by atoms with Gasteiger partial charge in [0, 0.05) is 0 Å². The van der Waals surface area contributed by atoms with Gasteiger partial charge in [-0.1, -0.05) is 0 Å². The molecule has 0 aliphatic carbocycles. The third-order valence-electron chi connectivity index (χ3n) is 4.07. The second-order valence-corrected chi connectivity index (χ2v) is 16.8. The Bertz CT molecular complexity index is 405. The van der Waals surface area contributed by atoms with Crippen molar-refractivity contribution in [2.45, 2.75) is 57.3 Å². The van der Waals surface area contributed by atoms with Gasteiger partial charge in [0.05, 0.1) is 0 Å². The molecule has 5 heteroatoms. The van der Waals surface area contributed by atoms with Crippen molar-refractivity contribution in [1.29, 1.82) is 5.41 Å². The van der Waals surface area contributed by atoms with E-state index in [4.69, 9.17) is 5.41 Å². The average Bonchev–Trinajstić information content (AvgIpc) is 2.79. The molecule has 0 aromatic carbocycles. The Hall–Kier alpha value is -0.647. The third-order valence-corrected chi connectivity index (χ3v) is 15.4. The molecule has 1 aromatic heterocycles. The minimum absolute atomic E-state index is 0.172. The van der Waals surface area contributed by atoms with Gasteiger partial charge in [0.2, 0.25) is 0 Å². The van der Waals surface area contributed by atoms with Gasteiger partial charge >= 0.3 is 113 Å². The van der Waals surface area contributed by atoms with Crippen molar-refractivity contribution in [3.63, 3.8) is 0 Å². The van der Waals surface area contributed by atoms with Crippen LogP contribution >= 0.6 is 0 Å². The molecule has 0 bridgehead atoms. The number of rotatable bonds is 5. The number of aromatic amines is 1. The maximum atomic E-state index is 8.35. The molecule has 0 unspecified atom stereocenters. The van der Waals surface area contributed by atoms with Crippen molar-refractivity contribution in [1.82, 2.24) is 15.4 Å². The molecule has 0 aliphatic heterocycles. The first-order valence-corrected chi connectivity index (χ1v) is 12.3. The summed E-state index contributed by atoms with van der Waals surface area (Å²) in [6.07, 6.45) is 0. The zero-order valence-corrected chi connectivity index (χ0v) is 14.6. The first kappa shape index (κ1) is 15.4. The first-order chi connectivity index (χ1) is 8.32. The van der Waals surface area contributed by atoms with Crippen molar-refractivity contribution in [3.05, 3.63) is 5.69 Å². The van der Waals surface area contributed by atoms with Crippen LogP contribution in [0.5, 0.6) is 0 Å². The predicted octanol–water partition coefficient (Wildman–Crippen LogP) is 2.93. The van der Waals surface area contributed by atoms with Gasteiger partial charge < -0.3 is 0 Å². The molecule has 1 rings (SSSR count). The van der Waals surface area contributed by atoms with Gasteiger partial charge in [0.15, 0.2) is 0 Å². The predicted molar refractivity (Wildman–Crippen MR) is 79.5 cm³/mol. The van der Waals surface area contributed by atoms with Crippen molar-refractivity contribution >= 4 is 23.5 Å². The third kappa shape index (κ3) is 2.68. The number of aromatic nitrogens is 3. The number of H-pyrrole nitrogens is 1. The average molecular weight is 311 g/mol. The van der Waals surface area contributed by atoms with E-state index >= 15 is 0 Å². The normalized spacial score (nSPS) is 12.8. The van der Waals surface area contributed by atoms with E-state index in [-0.39, 0.29) is 5.41 Å². The second-order valence-electron chi connectivity index (χ2n) is 5.99. The fourth-order valence-corrected chi connectivity index (χ4v) is 9.67. The minimum atomic E-state index is -2.14. The van der Waals surface area contributed by atoms with E-state index in [0.717, 1.165) is 10.2 Å². The Balaban J connectivity index is 3.29. The summed E-state index contributed by atoms with van der Waals surface area (Å²) in [7, 11) is 0. The van der Waals surface area contributed by atoms with Crippen molar-refractivity contribution < 1.29 is 0 Å². The summed E-state index contributed by atoms with van der Waals surface area (Å²) in [5.41, 5.74) is 1.26. The second kappa shape index (κ2) is 5.55. The molecule has 0 radical (unpaired) electrons. The van der Waals surface area contributed by atoms with Gasteiger partial charge in [-0.3, -0.25) is 0 Å².